The number of amides is 1. The Morgan fingerprint density at radius 3 is 2.57 bits per heavy atom. The zero-order valence-corrected chi connectivity index (χ0v) is 13.5. The van der Waals surface area contributed by atoms with Crippen LogP contribution in [-0.2, 0) is 17.8 Å². The van der Waals surface area contributed by atoms with Gasteiger partial charge < -0.3 is 15.7 Å². The standard InChI is InChI=1S/C19H24N2O2/c1-15(18-9-5-8-17(12-18)14-22)21-13-19(23)20-11-10-16-6-3-2-4-7-16/h2-9,12,15,21-22H,10-11,13-14H2,1H3,(H,20,23). The molecular weight excluding hydrogens is 288 g/mol. The monoisotopic (exact) mass is 312 g/mol. The number of nitrogens with one attached hydrogen (secondary N) is 2. The van der Waals surface area contributed by atoms with Crippen molar-refractivity contribution >= 4 is 5.91 Å². The molecule has 0 saturated heterocycles. The summed E-state index contributed by atoms with van der Waals surface area (Å²) in [5.74, 6) is -0.00825. The Balaban J connectivity index is 1.71. The third-order valence-electron chi connectivity index (χ3n) is 3.78. The lowest BCUT2D eigenvalue weighted by molar-refractivity contribution is -0.120. The van der Waals surface area contributed by atoms with Crippen LogP contribution < -0.4 is 10.6 Å². The number of benzene rings is 2. The van der Waals surface area contributed by atoms with E-state index in [9.17, 15) is 4.79 Å². The van der Waals surface area contributed by atoms with Crippen LogP contribution in [0.4, 0.5) is 0 Å². The molecule has 0 aliphatic rings. The molecule has 1 atom stereocenters. The molecule has 0 fully saturated rings. The first-order chi connectivity index (χ1) is 11.2. The van der Waals surface area contributed by atoms with Crippen molar-refractivity contribution in [2.75, 3.05) is 13.1 Å². The minimum Gasteiger partial charge on any atom is -0.392 e. The first-order valence-corrected chi connectivity index (χ1v) is 7.92. The van der Waals surface area contributed by atoms with Gasteiger partial charge in [-0.15, -0.1) is 0 Å². The predicted octanol–water partition coefficient (Wildman–Crippen LogP) is 2.19. The zero-order valence-electron chi connectivity index (χ0n) is 13.5. The topological polar surface area (TPSA) is 61.4 Å². The maximum absolute atomic E-state index is 11.9. The lowest BCUT2D eigenvalue weighted by atomic mass is 10.1. The fourth-order valence-electron chi connectivity index (χ4n) is 2.38. The number of carbonyl (C=O) groups is 1. The number of aliphatic hydroxyl groups is 1. The van der Waals surface area contributed by atoms with Gasteiger partial charge in [-0.3, -0.25) is 4.79 Å². The molecule has 23 heavy (non-hydrogen) atoms. The number of hydrogen-bond donors (Lipinski definition) is 3. The van der Waals surface area contributed by atoms with Gasteiger partial charge in [-0.2, -0.15) is 0 Å². The molecule has 2 rings (SSSR count). The lowest BCUT2D eigenvalue weighted by Crippen LogP contribution is -2.36. The van der Waals surface area contributed by atoms with Gasteiger partial charge in [0.1, 0.15) is 0 Å². The predicted molar refractivity (Wildman–Crippen MR) is 91.9 cm³/mol. The molecule has 1 amide bonds. The summed E-state index contributed by atoms with van der Waals surface area (Å²) < 4.78 is 0. The van der Waals surface area contributed by atoms with E-state index >= 15 is 0 Å². The maximum Gasteiger partial charge on any atom is 0.233 e. The molecule has 3 N–H and O–H groups in total. The second-order valence-electron chi connectivity index (χ2n) is 5.59. The molecule has 0 bridgehead atoms. The molecule has 122 valence electrons. The molecule has 2 aromatic rings. The van der Waals surface area contributed by atoms with Gasteiger partial charge in [0.2, 0.25) is 5.91 Å². The van der Waals surface area contributed by atoms with Gasteiger partial charge in [-0.05, 0) is 30.0 Å². The van der Waals surface area contributed by atoms with E-state index in [1.807, 2.05) is 49.4 Å². The lowest BCUT2D eigenvalue weighted by Gasteiger charge is -2.15. The summed E-state index contributed by atoms with van der Waals surface area (Å²) in [4.78, 5) is 11.9. The fourth-order valence-corrected chi connectivity index (χ4v) is 2.38. The van der Waals surface area contributed by atoms with Crippen LogP contribution in [0.5, 0.6) is 0 Å². The molecule has 1 unspecified atom stereocenters. The molecule has 4 heteroatoms. The summed E-state index contributed by atoms with van der Waals surface area (Å²) in [6.07, 6.45) is 0.834. The first-order valence-electron chi connectivity index (χ1n) is 7.92. The molecule has 2 aromatic carbocycles. The van der Waals surface area contributed by atoms with Crippen molar-refractivity contribution < 1.29 is 9.90 Å². The average molecular weight is 312 g/mol. The fraction of sp³-hybridized carbons (Fsp3) is 0.316. The van der Waals surface area contributed by atoms with Crippen molar-refractivity contribution in [1.29, 1.82) is 0 Å². The van der Waals surface area contributed by atoms with E-state index in [0.29, 0.717) is 6.54 Å². The smallest absolute Gasteiger partial charge is 0.233 e. The van der Waals surface area contributed by atoms with Crippen molar-refractivity contribution in [3.8, 4) is 0 Å². The van der Waals surface area contributed by atoms with E-state index in [1.165, 1.54) is 5.56 Å². The molecule has 0 heterocycles. The Kier molecular flexibility index (Phi) is 6.78. The number of hydrogen-bond acceptors (Lipinski definition) is 3. The van der Waals surface area contributed by atoms with Crippen molar-refractivity contribution in [3.63, 3.8) is 0 Å². The van der Waals surface area contributed by atoms with Crippen LogP contribution in [-0.4, -0.2) is 24.1 Å². The van der Waals surface area contributed by atoms with Crippen LogP contribution in [0.3, 0.4) is 0 Å². The molecule has 0 spiro atoms. The first kappa shape index (κ1) is 17.2. The molecule has 4 nitrogen and oxygen atoms in total. The normalized spacial score (nSPS) is 11.9. The van der Waals surface area contributed by atoms with Crippen LogP contribution >= 0.6 is 0 Å². The van der Waals surface area contributed by atoms with Crippen molar-refractivity contribution in [2.45, 2.75) is 26.0 Å². The van der Waals surface area contributed by atoms with Gasteiger partial charge in [-0.1, -0.05) is 54.6 Å². The van der Waals surface area contributed by atoms with Crippen LogP contribution in [0, 0.1) is 0 Å². The SMILES string of the molecule is CC(NCC(=O)NCCc1ccccc1)c1cccc(CO)c1. The highest BCUT2D eigenvalue weighted by Gasteiger charge is 2.08. The van der Waals surface area contributed by atoms with E-state index in [1.54, 1.807) is 0 Å². The average Bonchev–Trinajstić information content (AvgIpc) is 2.60. The molecular formula is C19H24N2O2. The Labute approximate surface area is 137 Å². The highest BCUT2D eigenvalue weighted by atomic mass is 16.3. The maximum atomic E-state index is 11.9. The van der Waals surface area contributed by atoms with Crippen LogP contribution in [0.2, 0.25) is 0 Å². The van der Waals surface area contributed by atoms with E-state index in [-0.39, 0.29) is 25.1 Å². The summed E-state index contributed by atoms with van der Waals surface area (Å²) in [7, 11) is 0. The second kappa shape index (κ2) is 9.08. The number of rotatable bonds is 8. The summed E-state index contributed by atoms with van der Waals surface area (Å²) in [6.45, 7) is 2.95. The van der Waals surface area contributed by atoms with Crippen molar-refractivity contribution in [2.24, 2.45) is 0 Å². The van der Waals surface area contributed by atoms with Gasteiger partial charge in [0.25, 0.3) is 0 Å². The van der Waals surface area contributed by atoms with E-state index < -0.39 is 0 Å². The molecule has 0 aliphatic carbocycles. The Hall–Kier alpha value is -2.17. The zero-order chi connectivity index (χ0) is 16.5. The van der Waals surface area contributed by atoms with Crippen molar-refractivity contribution in [3.05, 3.63) is 71.3 Å². The Bertz CT molecular complexity index is 614. The Morgan fingerprint density at radius 1 is 1.09 bits per heavy atom. The van der Waals surface area contributed by atoms with Crippen LogP contribution in [0.15, 0.2) is 54.6 Å². The van der Waals surface area contributed by atoms with Gasteiger partial charge in [-0.25, -0.2) is 0 Å². The van der Waals surface area contributed by atoms with E-state index in [4.69, 9.17) is 5.11 Å². The van der Waals surface area contributed by atoms with Crippen LogP contribution in [0.1, 0.15) is 29.7 Å². The summed E-state index contributed by atoms with van der Waals surface area (Å²) in [6, 6.07) is 17.9. The summed E-state index contributed by atoms with van der Waals surface area (Å²) in [5.41, 5.74) is 3.16. The quantitative estimate of drug-likeness (QED) is 0.700. The number of carbonyl (C=O) groups excluding carboxylic acids is 1. The largest absolute Gasteiger partial charge is 0.392 e. The van der Waals surface area contributed by atoms with E-state index in [2.05, 4.69) is 22.8 Å². The third kappa shape index (κ3) is 5.85. The summed E-state index contributed by atoms with van der Waals surface area (Å²) in [5, 5.41) is 15.3. The highest BCUT2D eigenvalue weighted by molar-refractivity contribution is 5.78. The second-order valence-corrected chi connectivity index (χ2v) is 5.59. The molecule has 0 radical (unpaired) electrons. The minimum absolute atomic E-state index is 0.00825. The third-order valence-corrected chi connectivity index (χ3v) is 3.78. The summed E-state index contributed by atoms with van der Waals surface area (Å²) >= 11 is 0. The van der Waals surface area contributed by atoms with Crippen LogP contribution in [0.25, 0.3) is 0 Å². The molecule has 0 aliphatic heterocycles. The number of aliphatic hydroxyl groups excluding tert-OH is 1. The van der Waals surface area contributed by atoms with Crippen molar-refractivity contribution in [1.82, 2.24) is 10.6 Å². The van der Waals surface area contributed by atoms with Gasteiger partial charge in [0.05, 0.1) is 13.2 Å². The van der Waals surface area contributed by atoms with Gasteiger partial charge in [0.15, 0.2) is 0 Å². The highest BCUT2D eigenvalue weighted by Crippen LogP contribution is 2.13. The van der Waals surface area contributed by atoms with Gasteiger partial charge >= 0.3 is 0 Å². The molecule has 0 aromatic heterocycles. The van der Waals surface area contributed by atoms with Gasteiger partial charge in [0, 0.05) is 12.6 Å². The Morgan fingerprint density at radius 2 is 1.83 bits per heavy atom. The minimum atomic E-state index is -0.00825. The van der Waals surface area contributed by atoms with E-state index in [0.717, 1.165) is 17.5 Å². The molecule has 0 saturated carbocycles.